The van der Waals surface area contributed by atoms with Gasteiger partial charge in [-0.05, 0) is 5.92 Å². The Labute approximate surface area is 95.4 Å². The first kappa shape index (κ1) is 12.8. The van der Waals surface area contributed by atoms with Gasteiger partial charge in [-0.25, -0.2) is 4.79 Å². The fourth-order valence-electron chi connectivity index (χ4n) is 1.51. The third-order valence-corrected chi connectivity index (χ3v) is 2.80. The molecule has 0 bridgehead atoms. The molecule has 0 radical (unpaired) electrons. The summed E-state index contributed by atoms with van der Waals surface area (Å²) in [5, 5.41) is 8.78. The first-order valence-corrected chi connectivity index (χ1v) is 5.56. The summed E-state index contributed by atoms with van der Waals surface area (Å²) in [5.41, 5.74) is 0. The quantitative estimate of drug-likeness (QED) is 0.792. The Kier molecular flexibility index (Phi) is 4.15. The number of hydrogen-bond donors (Lipinski definition) is 1. The van der Waals surface area contributed by atoms with E-state index in [2.05, 4.69) is 0 Å². The first-order valence-electron chi connectivity index (χ1n) is 5.56. The molecule has 1 unspecified atom stereocenters. The molecule has 5 nitrogen and oxygen atoms in total. The van der Waals surface area contributed by atoms with Crippen LogP contribution in [0.2, 0.25) is 0 Å². The standard InChI is InChI=1S/C11H19NO4/c1-7(2)6-16-11(15)12-4-9(5-12)8(3)10(13)14/h7-9H,4-6H2,1-3H3,(H,13,14). The molecule has 1 amide bonds. The molecule has 0 spiro atoms. The number of carbonyl (C=O) groups excluding carboxylic acids is 1. The van der Waals surface area contributed by atoms with Crippen LogP contribution >= 0.6 is 0 Å². The Bertz CT molecular complexity index is 271. The van der Waals surface area contributed by atoms with Crippen molar-refractivity contribution in [1.29, 1.82) is 0 Å². The van der Waals surface area contributed by atoms with Gasteiger partial charge < -0.3 is 14.7 Å². The van der Waals surface area contributed by atoms with Crippen LogP contribution in [0.4, 0.5) is 4.79 Å². The van der Waals surface area contributed by atoms with Crippen LogP contribution in [0, 0.1) is 17.8 Å². The van der Waals surface area contributed by atoms with Crippen LogP contribution < -0.4 is 0 Å². The van der Waals surface area contributed by atoms with Gasteiger partial charge in [0.1, 0.15) is 0 Å². The van der Waals surface area contributed by atoms with Gasteiger partial charge in [-0.15, -0.1) is 0 Å². The minimum absolute atomic E-state index is 0.0594. The number of aliphatic carboxylic acids is 1. The summed E-state index contributed by atoms with van der Waals surface area (Å²) < 4.78 is 5.04. The van der Waals surface area contributed by atoms with Crippen molar-refractivity contribution in [2.24, 2.45) is 17.8 Å². The number of amides is 1. The van der Waals surface area contributed by atoms with Crippen molar-refractivity contribution < 1.29 is 19.4 Å². The number of hydrogen-bond acceptors (Lipinski definition) is 3. The molecule has 1 atom stereocenters. The van der Waals surface area contributed by atoms with Gasteiger partial charge in [-0.2, -0.15) is 0 Å². The minimum atomic E-state index is -0.805. The Morgan fingerprint density at radius 1 is 1.38 bits per heavy atom. The van der Waals surface area contributed by atoms with Crippen molar-refractivity contribution >= 4 is 12.1 Å². The highest BCUT2D eigenvalue weighted by atomic mass is 16.6. The van der Waals surface area contributed by atoms with E-state index in [-0.39, 0.29) is 12.0 Å². The second-order valence-electron chi connectivity index (χ2n) is 4.76. The lowest BCUT2D eigenvalue weighted by atomic mass is 9.87. The van der Waals surface area contributed by atoms with E-state index < -0.39 is 11.9 Å². The van der Waals surface area contributed by atoms with Crippen LogP contribution in [0.3, 0.4) is 0 Å². The van der Waals surface area contributed by atoms with E-state index in [9.17, 15) is 9.59 Å². The molecule has 1 heterocycles. The lowest BCUT2D eigenvalue weighted by Crippen LogP contribution is -2.53. The van der Waals surface area contributed by atoms with Crippen molar-refractivity contribution in [2.45, 2.75) is 20.8 Å². The lowest BCUT2D eigenvalue weighted by molar-refractivity contribution is -0.145. The maximum atomic E-state index is 11.4. The van der Waals surface area contributed by atoms with Crippen LogP contribution in [0.25, 0.3) is 0 Å². The van der Waals surface area contributed by atoms with Crippen molar-refractivity contribution in [3.05, 3.63) is 0 Å². The van der Waals surface area contributed by atoms with Gasteiger partial charge in [0.15, 0.2) is 0 Å². The summed E-state index contributed by atoms with van der Waals surface area (Å²) in [7, 11) is 0. The summed E-state index contributed by atoms with van der Waals surface area (Å²) in [6, 6.07) is 0. The maximum Gasteiger partial charge on any atom is 0.409 e. The SMILES string of the molecule is CC(C)COC(=O)N1CC(C(C)C(=O)O)C1. The summed E-state index contributed by atoms with van der Waals surface area (Å²) in [5.74, 6) is -0.822. The van der Waals surface area contributed by atoms with E-state index in [1.165, 1.54) is 0 Å². The fourth-order valence-corrected chi connectivity index (χ4v) is 1.51. The number of carboxylic acids is 1. The number of ether oxygens (including phenoxy) is 1. The molecule has 0 aliphatic carbocycles. The van der Waals surface area contributed by atoms with Crippen molar-refractivity contribution in [2.75, 3.05) is 19.7 Å². The molecular weight excluding hydrogens is 210 g/mol. The van der Waals surface area contributed by atoms with Gasteiger partial charge in [0.25, 0.3) is 0 Å². The average Bonchev–Trinajstić information content (AvgIpc) is 2.11. The molecule has 5 heteroatoms. The zero-order valence-electron chi connectivity index (χ0n) is 9.97. The number of nitrogens with zero attached hydrogens (tertiary/aromatic N) is 1. The van der Waals surface area contributed by atoms with Gasteiger partial charge in [0, 0.05) is 19.0 Å². The third kappa shape index (κ3) is 3.12. The fraction of sp³-hybridized carbons (Fsp3) is 0.818. The van der Waals surface area contributed by atoms with Crippen LogP contribution in [-0.4, -0.2) is 41.8 Å². The zero-order chi connectivity index (χ0) is 12.3. The Balaban J connectivity index is 2.25. The van der Waals surface area contributed by atoms with Gasteiger partial charge in [0.05, 0.1) is 12.5 Å². The van der Waals surface area contributed by atoms with Crippen molar-refractivity contribution in [3.8, 4) is 0 Å². The predicted molar refractivity (Wildman–Crippen MR) is 58.0 cm³/mol. The molecule has 0 aromatic rings. The van der Waals surface area contributed by atoms with E-state index in [0.29, 0.717) is 25.6 Å². The van der Waals surface area contributed by atoms with E-state index in [1.807, 2.05) is 13.8 Å². The highest BCUT2D eigenvalue weighted by Crippen LogP contribution is 2.24. The molecule has 1 saturated heterocycles. The van der Waals surface area contributed by atoms with Gasteiger partial charge in [0.2, 0.25) is 0 Å². The molecule has 0 saturated carbocycles. The summed E-state index contributed by atoms with van der Waals surface area (Å²) >= 11 is 0. The van der Waals surface area contributed by atoms with Gasteiger partial charge in [-0.1, -0.05) is 20.8 Å². The summed E-state index contributed by atoms with van der Waals surface area (Å²) in [4.78, 5) is 23.7. The zero-order valence-corrected chi connectivity index (χ0v) is 9.97. The van der Waals surface area contributed by atoms with E-state index in [4.69, 9.17) is 9.84 Å². The first-order chi connectivity index (χ1) is 7.41. The smallest absolute Gasteiger partial charge is 0.409 e. The van der Waals surface area contributed by atoms with Crippen molar-refractivity contribution in [3.63, 3.8) is 0 Å². The van der Waals surface area contributed by atoms with Gasteiger partial charge in [-0.3, -0.25) is 4.79 Å². The number of likely N-dealkylation sites (tertiary alicyclic amines) is 1. The van der Waals surface area contributed by atoms with Crippen LogP contribution in [0.5, 0.6) is 0 Å². The predicted octanol–water partition coefficient (Wildman–Crippen LogP) is 1.43. The highest BCUT2D eigenvalue weighted by molar-refractivity contribution is 5.72. The number of rotatable bonds is 4. The van der Waals surface area contributed by atoms with Crippen molar-refractivity contribution in [1.82, 2.24) is 4.90 Å². The molecule has 1 aliphatic rings. The largest absolute Gasteiger partial charge is 0.481 e. The topological polar surface area (TPSA) is 66.8 Å². The second kappa shape index (κ2) is 5.18. The number of carboxylic acid groups (broad SMARTS) is 1. The molecule has 0 aromatic carbocycles. The van der Waals surface area contributed by atoms with Crippen LogP contribution in [-0.2, 0) is 9.53 Å². The molecule has 1 aliphatic heterocycles. The summed E-state index contributed by atoms with van der Waals surface area (Å²) in [6.45, 7) is 7.00. The summed E-state index contributed by atoms with van der Waals surface area (Å²) in [6.07, 6.45) is -0.331. The monoisotopic (exact) mass is 229 g/mol. The molecular formula is C11H19NO4. The Hall–Kier alpha value is -1.26. The maximum absolute atomic E-state index is 11.4. The Morgan fingerprint density at radius 2 is 1.94 bits per heavy atom. The van der Waals surface area contributed by atoms with E-state index in [1.54, 1.807) is 11.8 Å². The second-order valence-corrected chi connectivity index (χ2v) is 4.76. The molecule has 0 aromatic heterocycles. The van der Waals surface area contributed by atoms with Crippen LogP contribution in [0.1, 0.15) is 20.8 Å². The molecule has 92 valence electrons. The third-order valence-electron chi connectivity index (χ3n) is 2.80. The van der Waals surface area contributed by atoms with Crippen LogP contribution in [0.15, 0.2) is 0 Å². The normalized spacial score (nSPS) is 18.1. The minimum Gasteiger partial charge on any atom is -0.481 e. The van der Waals surface area contributed by atoms with E-state index >= 15 is 0 Å². The number of carbonyl (C=O) groups is 2. The molecule has 1 rings (SSSR count). The lowest BCUT2D eigenvalue weighted by Gasteiger charge is -2.40. The molecule has 1 fully saturated rings. The average molecular weight is 229 g/mol. The Morgan fingerprint density at radius 3 is 2.38 bits per heavy atom. The highest BCUT2D eigenvalue weighted by Gasteiger charge is 2.37. The van der Waals surface area contributed by atoms with E-state index in [0.717, 1.165) is 0 Å². The molecule has 1 N–H and O–H groups in total. The van der Waals surface area contributed by atoms with Gasteiger partial charge >= 0.3 is 12.1 Å². The molecule has 16 heavy (non-hydrogen) atoms.